The maximum atomic E-state index is 4.24. The lowest BCUT2D eigenvalue weighted by atomic mass is 10.0. The highest BCUT2D eigenvalue weighted by molar-refractivity contribution is 4.96. The van der Waals surface area contributed by atoms with Gasteiger partial charge in [0.05, 0.1) is 6.04 Å². The van der Waals surface area contributed by atoms with Crippen molar-refractivity contribution in [2.24, 2.45) is 5.92 Å². The van der Waals surface area contributed by atoms with E-state index in [4.69, 9.17) is 0 Å². The quantitative estimate of drug-likeness (QED) is 0.823. The monoisotopic (exact) mass is 208 g/mol. The maximum absolute atomic E-state index is 4.24. The fourth-order valence-corrected chi connectivity index (χ4v) is 2.14. The van der Waals surface area contributed by atoms with Crippen LogP contribution in [0.15, 0.2) is 6.33 Å². The van der Waals surface area contributed by atoms with E-state index in [2.05, 4.69) is 33.9 Å². The van der Waals surface area contributed by atoms with E-state index in [1.54, 1.807) is 0 Å². The molecule has 15 heavy (non-hydrogen) atoms. The molecule has 4 nitrogen and oxygen atoms in total. The molecule has 4 heteroatoms. The third-order valence-electron chi connectivity index (χ3n) is 2.83. The summed E-state index contributed by atoms with van der Waals surface area (Å²) in [6.07, 6.45) is 5.63. The summed E-state index contributed by atoms with van der Waals surface area (Å²) in [7, 11) is 0. The van der Waals surface area contributed by atoms with E-state index in [1.165, 1.54) is 19.3 Å². The molecule has 2 rings (SSSR count). The Morgan fingerprint density at radius 1 is 1.53 bits per heavy atom. The lowest BCUT2D eigenvalue weighted by molar-refractivity contribution is 0.376. The highest BCUT2D eigenvalue weighted by Crippen LogP contribution is 2.21. The fourth-order valence-electron chi connectivity index (χ4n) is 2.14. The first-order valence-electron chi connectivity index (χ1n) is 5.88. The molecule has 0 radical (unpaired) electrons. The smallest absolute Gasteiger partial charge is 0.149 e. The molecule has 84 valence electrons. The van der Waals surface area contributed by atoms with Crippen LogP contribution in [0.4, 0.5) is 0 Å². The Morgan fingerprint density at radius 3 is 3.07 bits per heavy atom. The van der Waals surface area contributed by atoms with Gasteiger partial charge >= 0.3 is 0 Å². The summed E-state index contributed by atoms with van der Waals surface area (Å²) in [5, 5.41) is 11.8. The van der Waals surface area contributed by atoms with Crippen LogP contribution in [0.3, 0.4) is 0 Å². The van der Waals surface area contributed by atoms with Crippen molar-refractivity contribution < 1.29 is 0 Å². The van der Waals surface area contributed by atoms with Crippen LogP contribution in [0, 0.1) is 5.92 Å². The van der Waals surface area contributed by atoms with Crippen molar-refractivity contribution in [3.05, 3.63) is 12.2 Å². The van der Waals surface area contributed by atoms with Gasteiger partial charge in [0.25, 0.3) is 0 Å². The van der Waals surface area contributed by atoms with E-state index in [1.807, 2.05) is 6.33 Å². The molecule has 1 aliphatic rings. The van der Waals surface area contributed by atoms with Crippen molar-refractivity contribution in [3.8, 4) is 0 Å². The third kappa shape index (κ3) is 2.56. The number of nitrogens with one attached hydrogen (secondary N) is 1. The van der Waals surface area contributed by atoms with Crippen LogP contribution in [-0.2, 0) is 6.54 Å². The van der Waals surface area contributed by atoms with Gasteiger partial charge in [-0.2, -0.15) is 0 Å². The summed E-state index contributed by atoms with van der Waals surface area (Å²) in [6, 6.07) is 0.417. The van der Waals surface area contributed by atoms with E-state index < -0.39 is 0 Å². The van der Waals surface area contributed by atoms with Gasteiger partial charge < -0.3 is 9.88 Å². The molecule has 1 aromatic heterocycles. The summed E-state index contributed by atoms with van der Waals surface area (Å²) >= 11 is 0. The average molecular weight is 208 g/mol. The van der Waals surface area contributed by atoms with Crippen LogP contribution in [0.5, 0.6) is 0 Å². The molecule has 1 aliphatic heterocycles. The third-order valence-corrected chi connectivity index (χ3v) is 2.83. The topological polar surface area (TPSA) is 42.7 Å². The highest BCUT2D eigenvalue weighted by atomic mass is 15.3. The molecule has 2 heterocycles. The van der Waals surface area contributed by atoms with Crippen LogP contribution in [-0.4, -0.2) is 21.3 Å². The molecule has 0 saturated carbocycles. The van der Waals surface area contributed by atoms with Crippen LogP contribution in [0.25, 0.3) is 0 Å². The van der Waals surface area contributed by atoms with Gasteiger partial charge in [-0.25, -0.2) is 0 Å². The molecule has 0 unspecified atom stereocenters. The zero-order valence-corrected chi connectivity index (χ0v) is 9.61. The second-order valence-corrected chi connectivity index (χ2v) is 4.74. The molecule has 1 aromatic rings. The van der Waals surface area contributed by atoms with Crippen LogP contribution >= 0.6 is 0 Å². The van der Waals surface area contributed by atoms with Gasteiger partial charge in [0.2, 0.25) is 0 Å². The van der Waals surface area contributed by atoms with Gasteiger partial charge in [-0.15, -0.1) is 10.2 Å². The van der Waals surface area contributed by atoms with Crippen molar-refractivity contribution in [3.63, 3.8) is 0 Å². The minimum atomic E-state index is 0.417. The Hall–Kier alpha value is -0.900. The number of aromatic nitrogens is 3. The van der Waals surface area contributed by atoms with E-state index in [9.17, 15) is 0 Å². The molecule has 1 N–H and O–H groups in total. The lowest BCUT2D eigenvalue weighted by Crippen LogP contribution is -2.29. The summed E-state index contributed by atoms with van der Waals surface area (Å²) in [4.78, 5) is 0. The van der Waals surface area contributed by atoms with Gasteiger partial charge in [0, 0.05) is 6.54 Å². The number of hydrogen-bond donors (Lipinski definition) is 1. The van der Waals surface area contributed by atoms with Gasteiger partial charge in [-0.3, -0.25) is 0 Å². The molecule has 0 aliphatic carbocycles. The standard InChI is InChI=1S/C11H20N4/c1-9(2)7-15-8-13-14-11(15)10-5-3-4-6-12-10/h8-10,12H,3-7H2,1-2H3/t10-/m0/s1. The normalized spacial score (nSPS) is 22.2. The van der Waals surface area contributed by atoms with Gasteiger partial charge in [-0.05, 0) is 25.3 Å². The van der Waals surface area contributed by atoms with Crippen LogP contribution in [0.2, 0.25) is 0 Å². The molecule has 1 fully saturated rings. The predicted molar refractivity (Wildman–Crippen MR) is 59.5 cm³/mol. The number of nitrogens with zero attached hydrogens (tertiary/aromatic N) is 3. The van der Waals surface area contributed by atoms with Crippen LogP contribution in [0.1, 0.15) is 45.0 Å². The van der Waals surface area contributed by atoms with E-state index in [0.717, 1.165) is 18.9 Å². The average Bonchev–Trinajstić information content (AvgIpc) is 2.66. The van der Waals surface area contributed by atoms with Crippen molar-refractivity contribution in [1.29, 1.82) is 0 Å². The summed E-state index contributed by atoms with van der Waals surface area (Å²) in [5.41, 5.74) is 0. The maximum Gasteiger partial charge on any atom is 0.149 e. The first-order chi connectivity index (χ1) is 7.27. The first-order valence-corrected chi connectivity index (χ1v) is 5.88. The van der Waals surface area contributed by atoms with Gasteiger partial charge in [0.1, 0.15) is 12.2 Å². The minimum Gasteiger partial charge on any atom is -0.316 e. The Kier molecular flexibility index (Phi) is 3.36. The van der Waals surface area contributed by atoms with Gasteiger partial charge in [-0.1, -0.05) is 20.3 Å². The summed E-state index contributed by atoms with van der Waals surface area (Å²) in [6.45, 7) is 6.57. The molecular weight excluding hydrogens is 188 g/mol. The Labute approximate surface area is 91.1 Å². The Bertz CT molecular complexity index is 299. The summed E-state index contributed by atoms with van der Waals surface area (Å²) in [5.74, 6) is 1.76. The molecule has 0 aromatic carbocycles. The van der Waals surface area contributed by atoms with Gasteiger partial charge in [0.15, 0.2) is 0 Å². The van der Waals surface area contributed by atoms with E-state index in [-0.39, 0.29) is 0 Å². The zero-order chi connectivity index (χ0) is 10.7. The van der Waals surface area contributed by atoms with Crippen molar-refractivity contribution in [2.75, 3.05) is 6.54 Å². The van der Waals surface area contributed by atoms with Crippen molar-refractivity contribution in [2.45, 2.75) is 45.7 Å². The molecule has 1 saturated heterocycles. The fraction of sp³-hybridized carbons (Fsp3) is 0.818. The molecule has 0 amide bonds. The largest absolute Gasteiger partial charge is 0.316 e. The molecule has 1 atom stereocenters. The molecule has 0 spiro atoms. The Balaban J connectivity index is 2.09. The zero-order valence-electron chi connectivity index (χ0n) is 9.61. The van der Waals surface area contributed by atoms with Crippen LogP contribution < -0.4 is 5.32 Å². The Morgan fingerprint density at radius 2 is 2.40 bits per heavy atom. The predicted octanol–water partition coefficient (Wildman–Crippen LogP) is 1.75. The molecular formula is C11H20N4. The number of rotatable bonds is 3. The lowest BCUT2D eigenvalue weighted by Gasteiger charge is -2.23. The van der Waals surface area contributed by atoms with Crippen molar-refractivity contribution in [1.82, 2.24) is 20.1 Å². The highest BCUT2D eigenvalue weighted by Gasteiger charge is 2.20. The summed E-state index contributed by atoms with van der Waals surface area (Å²) < 4.78 is 2.19. The minimum absolute atomic E-state index is 0.417. The second kappa shape index (κ2) is 4.75. The van der Waals surface area contributed by atoms with Crippen molar-refractivity contribution >= 4 is 0 Å². The van der Waals surface area contributed by atoms with E-state index >= 15 is 0 Å². The van der Waals surface area contributed by atoms with E-state index in [0.29, 0.717) is 12.0 Å². The first kappa shape index (κ1) is 10.6. The molecule has 0 bridgehead atoms. The number of hydrogen-bond acceptors (Lipinski definition) is 3. The number of piperidine rings is 1. The second-order valence-electron chi connectivity index (χ2n) is 4.74. The SMILES string of the molecule is CC(C)Cn1cnnc1[C@@H]1CCCCN1.